The molecule has 0 unspecified atom stereocenters. The fourth-order valence-corrected chi connectivity index (χ4v) is 1.33. The number of ether oxygens (including phenoxy) is 2. The summed E-state index contributed by atoms with van der Waals surface area (Å²) < 4.78 is 10.2. The first-order valence-corrected chi connectivity index (χ1v) is 6.30. The Morgan fingerprint density at radius 1 is 1.28 bits per heavy atom. The molecule has 6 nitrogen and oxygen atoms in total. The largest absolute Gasteiger partial charge is 0.409 e. The summed E-state index contributed by atoms with van der Waals surface area (Å²) in [5.74, 6) is 0.271. The summed E-state index contributed by atoms with van der Waals surface area (Å²) in [4.78, 5) is 0. The van der Waals surface area contributed by atoms with Crippen molar-refractivity contribution in [1.29, 1.82) is 0 Å². The maximum atomic E-state index is 8.63. The minimum absolute atomic E-state index is 0.271. The maximum Gasteiger partial charge on any atom is 0.144 e. The second kappa shape index (κ2) is 10.1. The Balaban J connectivity index is 3.40. The lowest BCUT2D eigenvalue weighted by molar-refractivity contribution is 0.0695. The van der Waals surface area contributed by atoms with Gasteiger partial charge in [-0.25, -0.2) is 0 Å². The normalized spacial score (nSPS) is 12.9. The van der Waals surface area contributed by atoms with Gasteiger partial charge in [0.1, 0.15) is 5.84 Å². The molecular formula is C12H27N3O3. The molecule has 0 aromatic heterocycles. The molecule has 0 aliphatic heterocycles. The number of rotatable bonds is 11. The van der Waals surface area contributed by atoms with Crippen molar-refractivity contribution >= 4 is 5.84 Å². The molecule has 108 valence electrons. The lowest BCUT2D eigenvalue weighted by atomic mass is 9.88. The molecule has 0 saturated heterocycles. The van der Waals surface area contributed by atoms with Crippen LogP contribution < -0.4 is 11.1 Å². The van der Waals surface area contributed by atoms with Gasteiger partial charge in [-0.2, -0.15) is 0 Å². The van der Waals surface area contributed by atoms with E-state index >= 15 is 0 Å². The second-order valence-corrected chi connectivity index (χ2v) is 4.83. The van der Waals surface area contributed by atoms with E-state index in [1.54, 1.807) is 7.11 Å². The monoisotopic (exact) mass is 261 g/mol. The summed E-state index contributed by atoms with van der Waals surface area (Å²) in [7, 11) is 1.66. The molecule has 0 rings (SSSR count). The van der Waals surface area contributed by atoms with Gasteiger partial charge in [0, 0.05) is 19.1 Å². The second-order valence-electron chi connectivity index (χ2n) is 4.83. The number of nitrogens with zero attached hydrogens (tertiary/aromatic N) is 1. The number of nitrogens with one attached hydrogen (secondary N) is 1. The van der Waals surface area contributed by atoms with Gasteiger partial charge >= 0.3 is 0 Å². The van der Waals surface area contributed by atoms with E-state index in [0.717, 1.165) is 32.5 Å². The van der Waals surface area contributed by atoms with Crippen LogP contribution in [-0.2, 0) is 9.47 Å². The van der Waals surface area contributed by atoms with Crippen molar-refractivity contribution in [2.24, 2.45) is 16.3 Å². The van der Waals surface area contributed by atoms with E-state index in [1.165, 1.54) is 0 Å². The van der Waals surface area contributed by atoms with Crippen molar-refractivity contribution in [1.82, 2.24) is 5.32 Å². The van der Waals surface area contributed by atoms with Crippen LogP contribution in [0.5, 0.6) is 0 Å². The van der Waals surface area contributed by atoms with Crippen LogP contribution in [0.2, 0.25) is 0 Å². The molecule has 0 spiro atoms. The van der Waals surface area contributed by atoms with Gasteiger partial charge in [0.2, 0.25) is 0 Å². The third-order valence-corrected chi connectivity index (χ3v) is 2.80. The average Bonchev–Trinajstić information content (AvgIpc) is 2.35. The molecular weight excluding hydrogens is 234 g/mol. The van der Waals surface area contributed by atoms with Gasteiger partial charge in [-0.3, -0.25) is 0 Å². The SMILES string of the molecule is COCCOCCCNCCC(C)(C)C(N)=NO. The minimum Gasteiger partial charge on any atom is -0.409 e. The van der Waals surface area contributed by atoms with E-state index < -0.39 is 0 Å². The molecule has 0 amide bonds. The number of hydrogen-bond acceptors (Lipinski definition) is 5. The third-order valence-electron chi connectivity index (χ3n) is 2.80. The summed E-state index contributed by atoms with van der Waals surface area (Å²) in [5, 5.41) is 15.0. The molecule has 0 aliphatic carbocycles. The molecule has 0 aromatic carbocycles. The highest BCUT2D eigenvalue weighted by atomic mass is 16.5. The quantitative estimate of drug-likeness (QED) is 0.168. The molecule has 0 aliphatic rings. The Kier molecular flexibility index (Phi) is 9.63. The number of hydrogen-bond donors (Lipinski definition) is 3. The van der Waals surface area contributed by atoms with Crippen molar-refractivity contribution in [2.45, 2.75) is 26.7 Å². The first-order valence-electron chi connectivity index (χ1n) is 6.30. The summed E-state index contributed by atoms with van der Waals surface area (Å²) in [6.45, 7) is 7.67. The highest BCUT2D eigenvalue weighted by molar-refractivity contribution is 5.85. The summed E-state index contributed by atoms with van der Waals surface area (Å²) in [5.41, 5.74) is 5.32. The zero-order valence-corrected chi connectivity index (χ0v) is 11.7. The first kappa shape index (κ1) is 17.2. The van der Waals surface area contributed by atoms with Crippen molar-refractivity contribution in [3.63, 3.8) is 0 Å². The van der Waals surface area contributed by atoms with E-state index in [-0.39, 0.29) is 11.3 Å². The lowest BCUT2D eigenvalue weighted by Crippen LogP contribution is -2.35. The molecule has 18 heavy (non-hydrogen) atoms. The lowest BCUT2D eigenvalue weighted by Gasteiger charge is -2.22. The van der Waals surface area contributed by atoms with Crippen molar-refractivity contribution in [2.75, 3.05) is 40.0 Å². The number of methoxy groups -OCH3 is 1. The fourth-order valence-electron chi connectivity index (χ4n) is 1.33. The third kappa shape index (κ3) is 8.27. The molecule has 0 atom stereocenters. The first-order chi connectivity index (χ1) is 8.54. The Bertz CT molecular complexity index is 233. The molecule has 0 heterocycles. The van der Waals surface area contributed by atoms with Gasteiger partial charge < -0.3 is 25.7 Å². The van der Waals surface area contributed by atoms with Gasteiger partial charge in [0.05, 0.1) is 13.2 Å². The molecule has 0 radical (unpaired) electrons. The van der Waals surface area contributed by atoms with Crippen molar-refractivity contribution in [3.8, 4) is 0 Å². The van der Waals surface area contributed by atoms with Gasteiger partial charge in [0.25, 0.3) is 0 Å². The van der Waals surface area contributed by atoms with Crippen LogP contribution in [0, 0.1) is 5.41 Å². The topological polar surface area (TPSA) is 89.1 Å². The highest BCUT2D eigenvalue weighted by Crippen LogP contribution is 2.19. The number of amidine groups is 1. The Morgan fingerprint density at radius 2 is 2.00 bits per heavy atom. The molecule has 0 bridgehead atoms. The van der Waals surface area contributed by atoms with Gasteiger partial charge in [0.15, 0.2) is 0 Å². The van der Waals surface area contributed by atoms with Crippen molar-refractivity contribution in [3.05, 3.63) is 0 Å². The maximum absolute atomic E-state index is 8.63. The zero-order chi connectivity index (χ0) is 13.9. The summed E-state index contributed by atoms with van der Waals surface area (Å²) in [6, 6.07) is 0. The predicted molar refractivity (Wildman–Crippen MR) is 72.0 cm³/mol. The van der Waals surface area contributed by atoms with E-state index in [2.05, 4.69) is 10.5 Å². The smallest absolute Gasteiger partial charge is 0.144 e. The van der Waals surface area contributed by atoms with Crippen LogP contribution in [-0.4, -0.2) is 51.1 Å². The van der Waals surface area contributed by atoms with E-state index in [4.69, 9.17) is 20.4 Å². The van der Waals surface area contributed by atoms with Crippen LogP contribution in [0.25, 0.3) is 0 Å². The minimum atomic E-state index is -0.281. The van der Waals surface area contributed by atoms with E-state index in [0.29, 0.717) is 13.2 Å². The molecule has 0 aromatic rings. The Labute approximate surface area is 110 Å². The summed E-state index contributed by atoms with van der Waals surface area (Å²) in [6.07, 6.45) is 1.79. The summed E-state index contributed by atoms with van der Waals surface area (Å²) >= 11 is 0. The van der Waals surface area contributed by atoms with Crippen LogP contribution >= 0.6 is 0 Å². The van der Waals surface area contributed by atoms with Gasteiger partial charge in [-0.1, -0.05) is 19.0 Å². The molecule has 4 N–H and O–H groups in total. The van der Waals surface area contributed by atoms with E-state index in [9.17, 15) is 0 Å². The molecule has 6 heteroatoms. The average molecular weight is 261 g/mol. The molecule has 0 saturated carbocycles. The Hall–Kier alpha value is -0.850. The Morgan fingerprint density at radius 3 is 2.61 bits per heavy atom. The zero-order valence-electron chi connectivity index (χ0n) is 11.7. The highest BCUT2D eigenvalue weighted by Gasteiger charge is 2.22. The van der Waals surface area contributed by atoms with Gasteiger partial charge in [-0.05, 0) is 25.9 Å². The number of oxime groups is 1. The predicted octanol–water partition coefficient (Wildman–Crippen LogP) is 0.792. The van der Waals surface area contributed by atoms with Gasteiger partial charge in [-0.15, -0.1) is 0 Å². The van der Waals surface area contributed by atoms with E-state index in [1.807, 2.05) is 13.8 Å². The van der Waals surface area contributed by atoms with Crippen LogP contribution in [0.15, 0.2) is 5.16 Å². The standard InChI is InChI=1S/C12H27N3O3/c1-12(2,11(13)15-16)5-7-14-6-4-8-18-10-9-17-3/h14,16H,4-10H2,1-3H3,(H2,13,15). The fraction of sp³-hybridized carbons (Fsp3) is 0.917. The van der Waals surface area contributed by atoms with Crippen molar-refractivity contribution < 1.29 is 14.7 Å². The number of nitrogens with two attached hydrogens (primary N) is 1. The van der Waals surface area contributed by atoms with Crippen LogP contribution in [0.1, 0.15) is 26.7 Å². The molecule has 0 fully saturated rings. The van der Waals surface area contributed by atoms with Crippen LogP contribution in [0.4, 0.5) is 0 Å². The van der Waals surface area contributed by atoms with Crippen LogP contribution in [0.3, 0.4) is 0 Å².